The fourth-order valence-electron chi connectivity index (χ4n) is 4.08. The van der Waals surface area contributed by atoms with Crippen LogP contribution in [0.1, 0.15) is 44.1 Å². The number of aliphatic hydroxyl groups excluding tert-OH is 1. The van der Waals surface area contributed by atoms with Gasteiger partial charge in [0.25, 0.3) is 0 Å². The highest BCUT2D eigenvalue weighted by molar-refractivity contribution is 5.88. The van der Waals surface area contributed by atoms with E-state index in [2.05, 4.69) is 0 Å². The number of rotatable bonds is 3. The van der Waals surface area contributed by atoms with Crippen molar-refractivity contribution in [3.05, 3.63) is 35.9 Å². The molecule has 1 aliphatic carbocycles. The lowest BCUT2D eigenvalue weighted by molar-refractivity contribution is -0.146. The summed E-state index contributed by atoms with van der Waals surface area (Å²) in [6, 6.07) is 10.0. The van der Waals surface area contributed by atoms with Crippen molar-refractivity contribution in [3.8, 4) is 0 Å². The number of carbonyl (C=O) groups excluding carboxylic acids is 1. The Morgan fingerprint density at radius 3 is 2.41 bits per heavy atom. The number of piperidine rings is 1. The molecule has 0 bridgehead atoms. The second-order valence-electron chi connectivity index (χ2n) is 6.87. The summed E-state index contributed by atoms with van der Waals surface area (Å²) in [7, 11) is 0. The van der Waals surface area contributed by atoms with Gasteiger partial charge in [-0.15, -0.1) is 0 Å². The summed E-state index contributed by atoms with van der Waals surface area (Å²) < 4.78 is 0. The van der Waals surface area contributed by atoms with Crippen molar-refractivity contribution >= 4 is 5.91 Å². The number of hydrogen-bond donors (Lipinski definition) is 2. The Bertz CT molecular complexity index is 524. The normalized spacial score (nSPS) is 27.8. The van der Waals surface area contributed by atoms with Crippen molar-refractivity contribution in [1.82, 2.24) is 4.90 Å². The minimum absolute atomic E-state index is 0.128. The van der Waals surface area contributed by atoms with E-state index in [1.54, 1.807) is 4.90 Å². The van der Waals surface area contributed by atoms with Crippen molar-refractivity contribution in [2.75, 3.05) is 19.7 Å². The van der Waals surface area contributed by atoms with Crippen molar-refractivity contribution in [2.24, 2.45) is 0 Å². The standard InChI is InChI=1S/C18H25NO3/c20-14-17(22)9-6-12-19(13-17)16(21)18(10-4-5-11-18)15-7-2-1-3-8-15/h1-3,7-8,20,22H,4-6,9-14H2/t17-/m1/s1. The number of nitrogens with zero attached hydrogens (tertiary/aromatic N) is 1. The third-order valence-electron chi connectivity index (χ3n) is 5.33. The molecule has 0 unspecified atom stereocenters. The van der Waals surface area contributed by atoms with Crippen molar-refractivity contribution in [1.29, 1.82) is 0 Å². The van der Waals surface area contributed by atoms with Crippen LogP contribution in [0.3, 0.4) is 0 Å². The third-order valence-corrected chi connectivity index (χ3v) is 5.33. The van der Waals surface area contributed by atoms with Gasteiger partial charge in [-0.05, 0) is 31.2 Å². The van der Waals surface area contributed by atoms with Gasteiger partial charge in [0.15, 0.2) is 0 Å². The number of β-amino-alcohol motifs (C(OH)–C–C–N with tert-alkyl or cyclic N) is 1. The van der Waals surface area contributed by atoms with Crippen LogP contribution >= 0.6 is 0 Å². The molecule has 0 aromatic heterocycles. The number of likely N-dealkylation sites (tertiary alicyclic amines) is 1. The van der Waals surface area contributed by atoms with Crippen molar-refractivity contribution < 1.29 is 15.0 Å². The Labute approximate surface area is 131 Å². The highest BCUT2D eigenvalue weighted by Crippen LogP contribution is 2.43. The SMILES string of the molecule is O=C(N1CCC[C@](O)(CO)C1)C1(c2ccccc2)CCCC1. The van der Waals surface area contributed by atoms with E-state index < -0.39 is 11.0 Å². The predicted octanol–water partition coefficient (Wildman–Crippen LogP) is 1.84. The van der Waals surface area contributed by atoms with Crippen LogP contribution < -0.4 is 0 Å². The number of benzene rings is 1. The third kappa shape index (κ3) is 2.66. The molecule has 1 aliphatic heterocycles. The summed E-state index contributed by atoms with van der Waals surface area (Å²) >= 11 is 0. The molecule has 2 fully saturated rings. The molecule has 4 heteroatoms. The van der Waals surface area contributed by atoms with Crippen LogP contribution in [0.2, 0.25) is 0 Å². The first-order valence-corrected chi connectivity index (χ1v) is 8.28. The van der Waals surface area contributed by atoms with Crippen LogP contribution in [0.4, 0.5) is 0 Å². The molecule has 1 amide bonds. The van der Waals surface area contributed by atoms with E-state index in [-0.39, 0.29) is 19.1 Å². The van der Waals surface area contributed by atoms with Gasteiger partial charge >= 0.3 is 0 Å². The van der Waals surface area contributed by atoms with Gasteiger partial charge in [-0.3, -0.25) is 4.79 Å². The van der Waals surface area contributed by atoms with E-state index in [0.29, 0.717) is 13.0 Å². The molecular formula is C18H25NO3. The van der Waals surface area contributed by atoms with Crippen LogP contribution in [-0.4, -0.2) is 46.3 Å². The number of aliphatic hydroxyl groups is 2. The molecule has 1 saturated heterocycles. The van der Waals surface area contributed by atoms with E-state index >= 15 is 0 Å². The summed E-state index contributed by atoms with van der Waals surface area (Å²) in [6.07, 6.45) is 5.20. The maximum Gasteiger partial charge on any atom is 0.233 e. The lowest BCUT2D eigenvalue weighted by atomic mass is 9.76. The molecule has 22 heavy (non-hydrogen) atoms. The zero-order chi connectivity index (χ0) is 15.6. The van der Waals surface area contributed by atoms with Crippen LogP contribution in [-0.2, 0) is 10.2 Å². The second kappa shape index (κ2) is 6.01. The second-order valence-corrected chi connectivity index (χ2v) is 6.87. The van der Waals surface area contributed by atoms with Crippen LogP contribution in [0.5, 0.6) is 0 Å². The van der Waals surface area contributed by atoms with E-state index in [9.17, 15) is 15.0 Å². The topological polar surface area (TPSA) is 60.8 Å². The van der Waals surface area contributed by atoms with E-state index in [0.717, 1.165) is 37.7 Å². The number of carbonyl (C=O) groups is 1. The highest BCUT2D eigenvalue weighted by Gasteiger charge is 2.47. The van der Waals surface area contributed by atoms with Gasteiger partial charge in [0.1, 0.15) is 5.60 Å². The fraction of sp³-hybridized carbons (Fsp3) is 0.611. The highest BCUT2D eigenvalue weighted by atomic mass is 16.3. The fourth-order valence-corrected chi connectivity index (χ4v) is 4.08. The molecule has 0 radical (unpaired) electrons. The van der Waals surface area contributed by atoms with Crippen LogP contribution in [0, 0.1) is 0 Å². The van der Waals surface area contributed by atoms with Gasteiger partial charge in [-0.25, -0.2) is 0 Å². The molecule has 1 heterocycles. The zero-order valence-electron chi connectivity index (χ0n) is 13.0. The Kier molecular flexibility index (Phi) is 4.24. The van der Waals surface area contributed by atoms with E-state index in [1.807, 2.05) is 30.3 Å². The minimum atomic E-state index is -1.13. The molecule has 4 nitrogen and oxygen atoms in total. The van der Waals surface area contributed by atoms with Gasteiger partial charge in [-0.1, -0.05) is 43.2 Å². The lowest BCUT2D eigenvalue weighted by Crippen LogP contribution is -2.56. The summed E-state index contributed by atoms with van der Waals surface area (Å²) in [5, 5.41) is 19.8. The predicted molar refractivity (Wildman–Crippen MR) is 84.4 cm³/mol. The molecule has 0 spiro atoms. The van der Waals surface area contributed by atoms with E-state index in [1.165, 1.54) is 0 Å². The van der Waals surface area contributed by atoms with Gasteiger partial charge in [-0.2, -0.15) is 0 Å². The average Bonchev–Trinajstić information content (AvgIpc) is 3.06. The summed E-state index contributed by atoms with van der Waals surface area (Å²) in [5.74, 6) is 0.128. The lowest BCUT2D eigenvalue weighted by Gasteiger charge is -2.42. The minimum Gasteiger partial charge on any atom is -0.393 e. The Hall–Kier alpha value is -1.39. The molecule has 2 N–H and O–H groups in total. The number of hydrogen-bond acceptors (Lipinski definition) is 3. The molecule has 2 aliphatic rings. The van der Waals surface area contributed by atoms with E-state index in [4.69, 9.17) is 0 Å². The molecule has 1 atom stereocenters. The summed E-state index contributed by atoms with van der Waals surface area (Å²) in [4.78, 5) is 15.0. The van der Waals surface area contributed by atoms with Crippen LogP contribution in [0.15, 0.2) is 30.3 Å². The quantitative estimate of drug-likeness (QED) is 0.896. The Balaban J connectivity index is 1.88. The molecular weight excluding hydrogens is 278 g/mol. The van der Waals surface area contributed by atoms with Gasteiger partial charge in [0, 0.05) is 6.54 Å². The van der Waals surface area contributed by atoms with Crippen molar-refractivity contribution in [2.45, 2.75) is 49.5 Å². The summed E-state index contributed by atoms with van der Waals surface area (Å²) in [5.41, 5.74) is -0.477. The first kappa shape index (κ1) is 15.5. The monoisotopic (exact) mass is 303 g/mol. The molecule has 1 aromatic carbocycles. The first-order valence-electron chi connectivity index (χ1n) is 8.28. The Morgan fingerprint density at radius 1 is 1.09 bits per heavy atom. The zero-order valence-corrected chi connectivity index (χ0v) is 13.0. The smallest absolute Gasteiger partial charge is 0.233 e. The summed E-state index contributed by atoms with van der Waals surface area (Å²) in [6.45, 7) is 0.641. The number of amides is 1. The van der Waals surface area contributed by atoms with Gasteiger partial charge in [0.05, 0.1) is 18.6 Å². The molecule has 1 saturated carbocycles. The first-order chi connectivity index (χ1) is 10.6. The molecule has 120 valence electrons. The largest absolute Gasteiger partial charge is 0.393 e. The van der Waals surface area contributed by atoms with Crippen LogP contribution in [0.25, 0.3) is 0 Å². The molecule has 3 rings (SSSR count). The maximum absolute atomic E-state index is 13.3. The van der Waals surface area contributed by atoms with Gasteiger partial charge in [0.2, 0.25) is 5.91 Å². The van der Waals surface area contributed by atoms with Gasteiger partial charge < -0.3 is 15.1 Å². The maximum atomic E-state index is 13.3. The average molecular weight is 303 g/mol. The Morgan fingerprint density at radius 2 is 1.77 bits per heavy atom. The van der Waals surface area contributed by atoms with Crippen molar-refractivity contribution in [3.63, 3.8) is 0 Å². The molecule has 1 aromatic rings.